The Labute approximate surface area is 231 Å². The Bertz CT molecular complexity index is 1250. The van der Waals surface area contributed by atoms with Crippen molar-refractivity contribution in [3.63, 3.8) is 0 Å². The third kappa shape index (κ3) is 7.20. The molecule has 1 saturated carbocycles. The standard InChI is InChI=1S/C33H38N2O4/c1-24-11-13-27(14-12-24)23-35(32(36)18-16-26-15-17-30-31(22-26)39-20-19-38-30)29(21-25-7-3-2-4-8-25)33(37)34-28-9-5-6-10-28/h2-4,7-8,11-15,17,22,28-29H,5-6,9-10,16,18-21,23H2,1H3,(H,34,37)/t29-/m1/s1. The SMILES string of the molecule is Cc1ccc(CN(C(=O)CCc2ccc3c(c2)OCCO3)[C@H](Cc2ccccc2)C(=O)NC2CCCC2)cc1. The topological polar surface area (TPSA) is 67.9 Å². The number of fused-ring (bicyclic) bond motifs is 1. The van der Waals surface area contributed by atoms with Crippen molar-refractivity contribution in [2.45, 2.75) is 70.5 Å². The van der Waals surface area contributed by atoms with Crippen LogP contribution in [0.15, 0.2) is 72.8 Å². The van der Waals surface area contributed by atoms with E-state index in [0.29, 0.717) is 39.0 Å². The number of nitrogens with one attached hydrogen (secondary N) is 1. The summed E-state index contributed by atoms with van der Waals surface area (Å²) in [6.07, 6.45) is 5.60. The number of nitrogens with zero attached hydrogens (tertiary/aromatic N) is 1. The van der Waals surface area contributed by atoms with Gasteiger partial charge in [0.15, 0.2) is 11.5 Å². The molecule has 6 heteroatoms. The predicted octanol–water partition coefficient (Wildman–Crippen LogP) is 5.40. The molecule has 1 fully saturated rings. The van der Waals surface area contributed by atoms with E-state index in [1.165, 1.54) is 0 Å². The summed E-state index contributed by atoms with van der Waals surface area (Å²) in [7, 11) is 0. The third-order valence-electron chi connectivity index (χ3n) is 7.68. The molecular formula is C33H38N2O4. The summed E-state index contributed by atoms with van der Waals surface area (Å²) in [5.74, 6) is 1.36. The fraction of sp³-hybridized carbons (Fsp3) is 0.394. The minimum atomic E-state index is -0.595. The Hall–Kier alpha value is -3.80. The summed E-state index contributed by atoms with van der Waals surface area (Å²) in [4.78, 5) is 29.5. The molecule has 1 atom stereocenters. The van der Waals surface area contributed by atoms with Gasteiger partial charge >= 0.3 is 0 Å². The number of carbonyl (C=O) groups excluding carboxylic acids is 2. The van der Waals surface area contributed by atoms with Crippen LogP contribution in [0.3, 0.4) is 0 Å². The van der Waals surface area contributed by atoms with Gasteiger partial charge in [0.2, 0.25) is 11.8 Å². The predicted molar refractivity (Wildman–Crippen MR) is 152 cm³/mol. The first-order chi connectivity index (χ1) is 19.0. The molecule has 2 amide bonds. The minimum absolute atomic E-state index is 0.0343. The van der Waals surface area contributed by atoms with Crippen molar-refractivity contribution in [3.05, 3.63) is 95.1 Å². The smallest absolute Gasteiger partial charge is 0.243 e. The first kappa shape index (κ1) is 26.8. The highest BCUT2D eigenvalue weighted by atomic mass is 16.6. The maximum atomic E-state index is 13.9. The molecule has 2 aliphatic rings. The van der Waals surface area contributed by atoms with Gasteiger partial charge in [-0.1, -0.05) is 79.1 Å². The van der Waals surface area contributed by atoms with Crippen molar-refractivity contribution in [3.8, 4) is 11.5 Å². The summed E-state index contributed by atoms with van der Waals surface area (Å²) >= 11 is 0. The van der Waals surface area contributed by atoms with Crippen molar-refractivity contribution < 1.29 is 19.1 Å². The van der Waals surface area contributed by atoms with E-state index in [1.54, 1.807) is 4.90 Å². The Morgan fingerprint density at radius 1 is 0.872 bits per heavy atom. The lowest BCUT2D eigenvalue weighted by atomic mass is 10.0. The van der Waals surface area contributed by atoms with E-state index in [1.807, 2.05) is 67.6 Å². The van der Waals surface area contributed by atoms with Crippen LogP contribution < -0.4 is 14.8 Å². The zero-order valence-electron chi connectivity index (χ0n) is 22.7. The van der Waals surface area contributed by atoms with Crippen molar-refractivity contribution in [1.82, 2.24) is 10.2 Å². The zero-order valence-corrected chi connectivity index (χ0v) is 22.7. The van der Waals surface area contributed by atoms with Gasteiger partial charge in [-0.2, -0.15) is 0 Å². The van der Waals surface area contributed by atoms with Gasteiger partial charge in [-0.3, -0.25) is 9.59 Å². The van der Waals surface area contributed by atoms with E-state index in [9.17, 15) is 9.59 Å². The van der Waals surface area contributed by atoms with Crippen LogP contribution in [-0.2, 0) is 29.0 Å². The van der Waals surface area contributed by atoms with Gasteiger partial charge in [-0.25, -0.2) is 0 Å². The van der Waals surface area contributed by atoms with E-state index in [-0.39, 0.29) is 17.9 Å². The molecule has 1 N–H and O–H groups in total. The molecule has 1 heterocycles. The van der Waals surface area contributed by atoms with Gasteiger partial charge in [0, 0.05) is 25.4 Å². The summed E-state index contributed by atoms with van der Waals surface area (Å²) < 4.78 is 11.4. The van der Waals surface area contributed by atoms with Crippen LogP contribution in [-0.4, -0.2) is 42.0 Å². The Kier molecular flexibility index (Phi) is 8.82. The van der Waals surface area contributed by atoms with Crippen LogP contribution in [0.1, 0.15) is 54.4 Å². The van der Waals surface area contributed by atoms with Crippen molar-refractivity contribution >= 4 is 11.8 Å². The molecule has 0 spiro atoms. The second kappa shape index (κ2) is 12.8. The summed E-state index contributed by atoms with van der Waals surface area (Å²) in [5, 5.41) is 3.27. The lowest BCUT2D eigenvalue weighted by molar-refractivity contribution is -0.141. The van der Waals surface area contributed by atoms with Crippen LogP contribution in [0.25, 0.3) is 0 Å². The fourth-order valence-electron chi connectivity index (χ4n) is 5.45. The molecule has 1 aliphatic carbocycles. The van der Waals surface area contributed by atoms with Gasteiger partial charge < -0.3 is 19.7 Å². The summed E-state index contributed by atoms with van der Waals surface area (Å²) in [6.45, 7) is 3.50. The molecule has 5 rings (SSSR count). The fourth-order valence-corrected chi connectivity index (χ4v) is 5.45. The van der Waals surface area contributed by atoms with E-state index in [4.69, 9.17) is 9.47 Å². The summed E-state index contributed by atoms with van der Waals surface area (Å²) in [5.41, 5.74) is 4.23. The molecule has 0 saturated heterocycles. The number of amides is 2. The van der Waals surface area contributed by atoms with Crippen LogP contribution in [0.5, 0.6) is 11.5 Å². The number of carbonyl (C=O) groups is 2. The average Bonchev–Trinajstić information content (AvgIpc) is 3.48. The van der Waals surface area contributed by atoms with Crippen LogP contribution >= 0.6 is 0 Å². The number of ether oxygens (including phenoxy) is 2. The molecule has 6 nitrogen and oxygen atoms in total. The van der Waals surface area contributed by atoms with Gasteiger partial charge in [-0.05, 0) is 55.0 Å². The molecule has 39 heavy (non-hydrogen) atoms. The van der Waals surface area contributed by atoms with Crippen LogP contribution in [0.2, 0.25) is 0 Å². The number of benzene rings is 3. The molecule has 3 aromatic rings. The van der Waals surface area contributed by atoms with Gasteiger partial charge in [0.1, 0.15) is 19.3 Å². The highest BCUT2D eigenvalue weighted by Crippen LogP contribution is 2.31. The van der Waals surface area contributed by atoms with E-state index in [0.717, 1.165) is 59.4 Å². The Balaban J connectivity index is 1.39. The molecular weight excluding hydrogens is 488 g/mol. The number of aryl methyl sites for hydroxylation is 2. The monoisotopic (exact) mass is 526 g/mol. The Morgan fingerprint density at radius 2 is 1.56 bits per heavy atom. The van der Waals surface area contributed by atoms with Crippen molar-refractivity contribution in [2.75, 3.05) is 13.2 Å². The maximum Gasteiger partial charge on any atom is 0.243 e. The first-order valence-electron chi connectivity index (χ1n) is 14.1. The largest absolute Gasteiger partial charge is 0.486 e. The number of hydrogen-bond donors (Lipinski definition) is 1. The quantitative estimate of drug-likeness (QED) is 0.384. The van der Waals surface area contributed by atoms with Gasteiger partial charge in [0.05, 0.1) is 0 Å². The average molecular weight is 527 g/mol. The van der Waals surface area contributed by atoms with Crippen LogP contribution in [0, 0.1) is 6.92 Å². The van der Waals surface area contributed by atoms with E-state index >= 15 is 0 Å². The first-order valence-corrected chi connectivity index (χ1v) is 14.1. The van der Waals surface area contributed by atoms with Crippen molar-refractivity contribution in [1.29, 1.82) is 0 Å². The molecule has 3 aromatic carbocycles. The molecule has 0 bridgehead atoms. The molecule has 0 radical (unpaired) electrons. The lowest BCUT2D eigenvalue weighted by Gasteiger charge is -2.32. The second-order valence-corrected chi connectivity index (χ2v) is 10.7. The second-order valence-electron chi connectivity index (χ2n) is 10.7. The van der Waals surface area contributed by atoms with E-state index < -0.39 is 6.04 Å². The van der Waals surface area contributed by atoms with Gasteiger partial charge in [0.25, 0.3) is 0 Å². The Morgan fingerprint density at radius 3 is 2.31 bits per heavy atom. The number of rotatable bonds is 10. The van der Waals surface area contributed by atoms with Gasteiger partial charge in [-0.15, -0.1) is 0 Å². The molecule has 204 valence electrons. The molecule has 0 unspecified atom stereocenters. The van der Waals surface area contributed by atoms with Crippen LogP contribution in [0.4, 0.5) is 0 Å². The third-order valence-corrected chi connectivity index (χ3v) is 7.68. The minimum Gasteiger partial charge on any atom is -0.486 e. The summed E-state index contributed by atoms with van der Waals surface area (Å²) in [6, 6.07) is 23.6. The molecule has 1 aliphatic heterocycles. The zero-order chi connectivity index (χ0) is 27.0. The highest BCUT2D eigenvalue weighted by Gasteiger charge is 2.32. The normalized spacial score (nSPS) is 15.5. The van der Waals surface area contributed by atoms with E-state index in [2.05, 4.69) is 17.4 Å². The highest BCUT2D eigenvalue weighted by molar-refractivity contribution is 5.88. The maximum absolute atomic E-state index is 13.9. The van der Waals surface area contributed by atoms with Crippen molar-refractivity contribution in [2.24, 2.45) is 0 Å². The molecule has 0 aromatic heterocycles. The lowest BCUT2D eigenvalue weighted by Crippen LogP contribution is -2.52. The number of hydrogen-bond acceptors (Lipinski definition) is 4.